The van der Waals surface area contributed by atoms with Gasteiger partial charge in [0.2, 0.25) is 0 Å². The smallest absolute Gasteiger partial charge is 0.128 e. The summed E-state index contributed by atoms with van der Waals surface area (Å²) in [5.74, 6) is 2.75. The second-order valence-electron chi connectivity index (χ2n) is 5.02. The van der Waals surface area contributed by atoms with Gasteiger partial charge in [-0.1, -0.05) is 13.8 Å². The molecule has 0 aromatic carbocycles. The molecule has 2 rings (SSSR count). The summed E-state index contributed by atoms with van der Waals surface area (Å²) in [7, 11) is 0. The normalized spacial score (nSPS) is 18.1. The summed E-state index contributed by atoms with van der Waals surface area (Å²) < 4.78 is 0. The number of pyridine rings is 1. The Morgan fingerprint density at radius 1 is 1.31 bits per heavy atom. The average molecular weight is 219 g/mol. The van der Waals surface area contributed by atoms with Crippen molar-refractivity contribution in [1.29, 1.82) is 0 Å². The van der Waals surface area contributed by atoms with Crippen LogP contribution in [0, 0.1) is 11.8 Å². The van der Waals surface area contributed by atoms with Crippen molar-refractivity contribution in [3.63, 3.8) is 0 Å². The monoisotopic (exact) mass is 219 g/mol. The minimum atomic E-state index is 0.737. The molecule has 1 fully saturated rings. The van der Waals surface area contributed by atoms with E-state index >= 15 is 0 Å². The Labute approximate surface area is 97.7 Å². The molecule has 0 unspecified atom stereocenters. The minimum Gasteiger partial charge on any atom is -0.397 e. The first-order chi connectivity index (χ1) is 7.66. The summed E-state index contributed by atoms with van der Waals surface area (Å²) in [5.41, 5.74) is 6.37. The quantitative estimate of drug-likeness (QED) is 0.831. The molecular formula is C13H21N3. The van der Waals surface area contributed by atoms with E-state index in [4.69, 9.17) is 5.73 Å². The minimum absolute atomic E-state index is 0.737. The summed E-state index contributed by atoms with van der Waals surface area (Å²) in [4.78, 5) is 6.73. The Hall–Kier alpha value is -1.25. The number of nitrogen functional groups attached to an aromatic ring is 1. The largest absolute Gasteiger partial charge is 0.397 e. The molecule has 0 spiro atoms. The topological polar surface area (TPSA) is 42.1 Å². The van der Waals surface area contributed by atoms with Gasteiger partial charge in [-0.3, -0.25) is 0 Å². The third kappa shape index (κ3) is 2.46. The van der Waals surface area contributed by atoms with Gasteiger partial charge in [-0.25, -0.2) is 4.98 Å². The van der Waals surface area contributed by atoms with Crippen molar-refractivity contribution in [3.8, 4) is 0 Å². The van der Waals surface area contributed by atoms with Crippen LogP contribution in [0.1, 0.15) is 26.7 Å². The molecule has 0 saturated carbocycles. The van der Waals surface area contributed by atoms with Crippen LogP contribution >= 0.6 is 0 Å². The highest BCUT2D eigenvalue weighted by Crippen LogP contribution is 2.26. The maximum absolute atomic E-state index is 5.64. The molecule has 0 bridgehead atoms. The van der Waals surface area contributed by atoms with E-state index in [2.05, 4.69) is 23.7 Å². The highest BCUT2D eigenvalue weighted by molar-refractivity contribution is 5.45. The first kappa shape index (κ1) is 11.2. The van der Waals surface area contributed by atoms with Crippen molar-refractivity contribution in [2.24, 2.45) is 11.8 Å². The number of hydrogen-bond donors (Lipinski definition) is 1. The van der Waals surface area contributed by atoms with Crippen LogP contribution < -0.4 is 10.6 Å². The van der Waals surface area contributed by atoms with Gasteiger partial charge >= 0.3 is 0 Å². The lowest BCUT2D eigenvalue weighted by Gasteiger charge is -2.34. The van der Waals surface area contributed by atoms with E-state index in [9.17, 15) is 0 Å². The third-order valence-electron chi connectivity index (χ3n) is 3.58. The summed E-state index contributed by atoms with van der Waals surface area (Å²) in [6, 6.07) is 3.95. The van der Waals surface area contributed by atoms with Gasteiger partial charge in [0, 0.05) is 13.1 Å². The van der Waals surface area contributed by atoms with Crippen molar-refractivity contribution in [2.75, 3.05) is 23.7 Å². The van der Waals surface area contributed by atoms with E-state index in [1.807, 2.05) is 12.1 Å². The molecule has 1 aliphatic heterocycles. The Morgan fingerprint density at radius 3 is 2.50 bits per heavy atom. The average Bonchev–Trinajstić information content (AvgIpc) is 2.30. The summed E-state index contributed by atoms with van der Waals surface area (Å²) in [5, 5.41) is 0. The number of hydrogen-bond acceptors (Lipinski definition) is 3. The molecule has 1 aliphatic rings. The second kappa shape index (κ2) is 4.73. The molecule has 88 valence electrons. The van der Waals surface area contributed by atoms with Gasteiger partial charge in [0.1, 0.15) is 5.82 Å². The summed E-state index contributed by atoms with van der Waals surface area (Å²) >= 11 is 0. The van der Waals surface area contributed by atoms with Crippen LogP contribution in [0.3, 0.4) is 0 Å². The SMILES string of the molecule is CC(C)C1CCN(c2ccc(N)cn2)CC1. The fourth-order valence-corrected chi connectivity index (χ4v) is 2.38. The molecular weight excluding hydrogens is 198 g/mol. The lowest BCUT2D eigenvalue weighted by atomic mass is 9.87. The highest BCUT2D eigenvalue weighted by Gasteiger charge is 2.21. The number of aromatic nitrogens is 1. The molecule has 1 aromatic rings. The van der Waals surface area contributed by atoms with Gasteiger partial charge in [0.15, 0.2) is 0 Å². The maximum Gasteiger partial charge on any atom is 0.128 e. The third-order valence-corrected chi connectivity index (χ3v) is 3.58. The first-order valence-corrected chi connectivity index (χ1v) is 6.13. The summed E-state index contributed by atoms with van der Waals surface area (Å²) in [6.07, 6.45) is 4.30. The predicted molar refractivity (Wildman–Crippen MR) is 68.4 cm³/mol. The van der Waals surface area contributed by atoms with Crippen LogP contribution in [0.2, 0.25) is 0 Å². The molecule has 3 heteroatoms. The highest BCUT2D eigenvalue weighted by atomic mass is 15.2. The van der Waals surface area contributed by atoms with Gasteiger partial charge in [0.05, 0.1) is 11.9 Å². The van der Waals surface area contributed by atoms with Crippen LogP contribution in [-0.2, 0) is 0 Å². The fraction of sp³-hybridized carbons (Fsp3) is 0.615. The van der Waals surface area contributed by atoms with Crippen molar-refractivity contribution < 1.29 is 0 Å². The van der Waals surface area contributed by atoms with Crippen LogP contribution in [0.5, 0.6) is 0 Å². The zero-order valence-electron chi connectivity index (χ0n) is 10.2. The first-order valence-electron chi connectivity index (χ1n) is 6.13. The molecule has 0 amide bonds. The number of piperidine rings is 1. The Morgan fingerprint density at radius 2 is 2.00 bits per heavy atom. The van der Waals surface area contributed by atoms with Crippen LogP contribution in [0.15, 0.2) is 18.3 Å². The lowest BCUT2D eigenvalue weighted by molar-refractivity contribution is 0.310. The number of nitrogens with zero attached hydrogens (tertiary/aromatic N) is 2. The molecule has 2 heterocycles. The molecule has 0 atom stereocenters. The molecule has 16 heavy (non-hydrogen) atoms. The Kier molecular flexibility index (Phi) is 3.32. The zero-order chi connectivity index (χ0) is 11.5. The van der Waals surface area contributed by atoms with Crippen LogP contribution in [-0.4, -0.2) is 18.1 Å². The van der Waals surface area contributed by atoms with Crippen molar-refractivity contribution in [2.45, 2.75) is 26.7 Å². The molecule has 1 aromatic heterocycles. The number of nitrogens with two attached hydrogens (primary N) is 1. The van der Waals surface area contributed by atoms with Crippen LogP contribution in [0.4, 0.5) is 11.5 Å². The standard InChI is InChI=1S/C13H21N3/c1-10(2)11-5-7-16(8-6-11)13-4-3-12(14)9-15-13/h3-4,9-11H,5-8,14H2,1-2H3. The van der Waals surface area contributed by atoms with E-state index in [1.54, 1.807) is 6.20 Å². The lowest BCUT2D eigenvalue weighted by Crippen LogP contribution is -2.35. The maximum atomic E-state index is 5.64. The fourth-order valence-electron chi connectivity index (χ4n) is 2.38. The van der Waals surface area contributed by atoms with Crippen molar-refractivity contribution >= 4 is 11.5 Å². The van der Waals surface area contributed by atoms with Gasteiger partial charge in [-0.2, -0.15) is 0 Å². The van der Waals surface area contributed by atoms with Crippen molar-refractivity contribution in [1.82, 2.24) is 4.98 Å². The van der Waals surface area contributed by atoms with E-state index in [0.29, 0.717) is 0 Å². The summed E-state index contributed by atoms with van der Waals surface area (Å²) in [6.45, 7) is 6.89. The molecule has 1 saturated heterocycles. The predicted octanol–water partition coefficient (Wildman–Crippen LogP) is 2.54. The number of rotatable bonds is 2. The van der Waals surface area contributed by atoms with E-state index in [1.165, 1.54) is 12.8 Å². The van der Waals surface area contributed by atoms with Gasteiger partial charge < -0.3 is 10.6 Å². The number of anilines is 2. The van der Waals surface area contributed by atoms with E-state index in [0.717, 1.165) is 36.4 Å². The molecule has 3 nitrogen and oxygen atoms in total. The van der Waals surface area contributed by atoms with Crippen LogP contribution in [0.25, 0.3) is 0 Å². The molecule has 0 radical (unpaired) electrons. The molecule has 0 aliphatic carbocycles. The van der Waals surface area contributed by atoms with Gasteiger partial charge in [-0.05, 0) is 36.8 Å². The van der Waals surface area contributed by atoms with Gasteiger partial charge in [-0.15, -0.1) is 0 Å². The Balaban J connectivity index is 1.96. The second-order valence-corrected chi connectivity index (χ2v) is 5.02. The van der Waals surface area contributed by atoms with E-state index < -0.39 is 0 Å². The van der Waals surface area contributed by atoms with Gasteiger partial charge in [0.25, 0.3) is 0 Å². The Bertz CT molecular complexity index is 324. The zero-order valence-corrected chi connectivity index (χ0v) is 10.2. The molecule has 2 N–H and O–H groups in total. The van der Waals surface area contributed by atoms with Crippen molar-refractivity contribution in [3.05, 3.63) is 18.3 Å². The van der Waals surface area contributed by atoms with E-state index in [-0.39, 0.29) is 0 Å².